The Kier molecular flexibility index (Phi) is 10.1. The standard InChI is InChI=1S/C33H43N5O5/c1-22(2)33(41)38-12-7-24(8-13-38)14-27-15-25(6-10-35-27)32(40)36-16-28(39)19-37-11-9-30-23(3)31(5-4-26(30)18-37)42-20-29-17-34-21-43-29/h4-6,10,15,17,21-22,24,28,39H,7-9,11-14,16,18-20H2,1-3H3,(H,36,40)/t28-/m0/s1. The molecule has 10 nitrogen and oxygen atoms in total. The molecule has 1 fully saturated rings. The Morgan fingerprint density at radius 1 is 1.19 bits per heavy atom. The summed E-state index contributed by atoms with van der Waals surface area (Å²) in [5.41, 5.74) is 5.09. The number of carbonyl (C=O) groups excluding carboxylic acids is 2. The first-order valence-corrected chi connectivity index (χ1v) is 15.3. The molecule has 2 amide bonds. The molecular weight excluding hydrogens is 546 g/mol. The molecular formula is C33H43N5O5. The zero-order chi connectivity index (χ0) is 30.3. The van der Waals surface area contributed by atoms with Gasteiger partial charge in [0.25, 0.3) is 5.91 Å². The predicted molar refractivity (Wildman–Crippen MR) is 161 cm³/mol. The number of hydrogen-bond acceptors (Lipinski definition) is 8. The molecule has 0 aliphatic carbocycles. The van der Waals surface area contributed by atoms with E-state index in [4.69, 9.17) is 9.15 Å². The van der Waals surface area contributed by atoms with Crippen LogP contribution >= 0.6 is 0 Å². The van der Waals surface area contributed by atoms with E-state index in [0.29, 0.717) is 30.4 Å². The number of rotatable bonds is 11. The van der Waals surface area contributed by atoms with Crippen LogP contribution in [0.4, 0.5) is 0 Å². The molecule has 0 unspecified atom stereocenters. The van der Waals surface area contributed by atoms with Gasteiger partial charge in [0.05, 0.1) is 12.3 Å². The van der Waals surface area contributed by atoms with Gasteiger partial charge in [0.1, 0.15) is 12.4 Å². The fourth-order valence-electron chi connectivity index (χ4n) is 6.08. The second-order valence-electron chi connectivity index (χ2n) is 12.1. The number of nitrogens with zero attached hydrogens (tertiary/aromatic N) is 4. The number of aliphatic hydroxyl groups is 1. The van der Waals surface area contributed by atoms with Crippen molar-refractivity contribution in [3.05, 3.63) is 76.8 Å². The average molecular weight is 590 g/mol. The van der Waals surface area contributed by atoms with E-state index >= 15 is 0 Å². The highest BCUT2D eigenvalue weighted by molar-refractivity contribution is 5.94. The predicted octanol–water partition coefficient (Wildman–Crippen LogP) is 3.54. The first-order chi connectivity index (χ1) is 20.8. The van der Waals surface area contributed by atoms with Gasteiger partial charge in [-0.3, -0.25) is 19.5 Å². The Hall–Kier alpha value is -3.76. The molecule has 1 atom stereocenters. The van der Waals surface area contributed by atoms with Crippen LogP contribution in [-0.2, 0) is 30.8 Å². The second-order valence-corrected chi connectivity index (χ2v) is 12.1. The van der Waals surface area contributed by atoms with Gasteiger partial charge in [-0.25, -0.2) is 4.98 Å². The van der Waals surface area contributed by atoms with Gasteiger partial charge in [-0.2, -0.15) is 0 Å². The number of nitrogens with one attached hydrogen (secondary N) is 1. The molecule has 3 aromatic rings. The maximum Gasteiger partial charge on any atom is 0.251 e. The molecule has 2 aromatic heterocycles. The number of ether oxygens (including phenoxy) is 1. The van der Waals surface area contributed by atoms with Crippen LogP contribution in [0, 0.1) is 18.8 Å². The number of aromatic nitrogens is 2. The van der Waals surface area contributed by atoms with Crippen molar-refractivity contribution in [2.75, 3.05) is 32.7 Å². The molecule has 10 heteroatoms. The van der Waals surface area contributed by atoms with Crippen molar-refractivity contribution in [2.24, 2.45) is 11.8 Å². The third kappa shape index (κ3) is 8.00. The first kappa shape index (κ1) is 30.7. The Bertz CT molecular complexity index is 1380. The van der Waals surface area contributed by atoms with Crippen molar-refractivity contribution in [1.82, 2.24) is 25.1 Å². The summed E-state index contributed by atoms with van der Waals surface area (Å²) >= 11 is 0. The summed E-state index contributed by atoms with van der Waals surface area (Å²) in [5.74, 6) is 2.01. The molecule has 230 valence electrons. The van der Waals surface area contributed by atoms with Gasteiger partial charge in [-0.05, 0) is 73.4 Å². The highest BCUT2D eigenvalue weighted by Gasteiger charge is 2.25. The van der Waals surface area contributed by atoms with Crippen LogP contribution in [-0.4, -0.2) is 75.5 Å². The van der Waals surface area contributed by atoms with E-state index < -0.39 is 6.10 Å². The van der Waals surface area contributed by atoms with Gasteiger partial charge in [0.2, 0.25) is 5.91 Å². The maximum absolute atomic E-state index is 12.9. The molecule has 2 N–H and O–H groups in total. The van der Waals surface area contributed by atoms with Gasteiger partial charge in [0.15, 0.2) is 12.2 Å². The first-order valence-electron chi connectivity index (χ1n) is 15.3. The number of carbonyl (C=O) groups is 2. The Balaban J connectivity index is 1.06. The van der Waals surface area contributed by atoms with E-state index in [-0.39, 0.29) is 24.3 Å². The zero-order valence-corrected chi connectivity index (χ0v) is 25.4. The molecule has 4 heterocycles. The van der Waals surface area contributed by atoms with Gasteiger partial charge in [0, 0.05) is 62.6 Å². The van der Waals surface area contributed by atoms with E-state index in [9.17, 15) is 14.7 Å². The summed E-state index contributed by atoms with van der Waals surface area (Å²) in [6, 6.07) is 7.64. The fraction of sp³-hybridized carbons (Fsp3) is 0.515. The van der Waals surface area contributed by atoms with Gasteiger partial charge >= 0.3 is 0 Å². The normalized spacial score (nSPS) is 16.6. The number of β-amino-alcohol motifs (C(OH)–C–C–N with tert-alkyl or cyclic N) is 1. The topological polar surface area (TPSA) is 121 Å². The SMILES string of the molecule is Cc1c(OCc2cnco2)ccc2c1CCN(C[C@@H](O)CNC(=O)c1ccnc(CC3CCN(C(=O)C(C)C)CC3)c1)C2. The minimum atomic E-state index is -0.684. The number of oxazole rings is 1. The van der Waals surface area contributed by atoms with Crippen molar-refractivity contribution in [2.45, 2.75) is 65.7 Å². The zero-order valence-electron chi connectivity index (χ0n) is 25.4. The van der Waals surface area contributed by atoms with Crippen LogP contribution in [0.5, 0.6) is 5.75 Å². The number of aliphatic hydroxyl groups excluding tert-OH is 1. The van der Waals surface area contributed by atoms with Crippen LogP contribution in [0.25, 0.3) is 0 Å². The van der Waals surface area contributed by atoms with Crippen molar-refractivity contribution in [3.63, 3.8) is 0 Å². The second kappa shape index (κ2) is 14.1. The van der Waals surface area contributed by atoms with Crippen molar-refractivity contribution >= 4 is 11.8 Å². The van der Waals surface area contributed by atoms with Gasteiger partial charge in [-0.15, -0.1) is 0 Å². The quantitative estimate of drug-likeness (QED) is 0.349. The minimum absolute atomic E-state index is 0.0270. The van der Waals surface area contributed by atoms with Crippen LogP contribution in [0.15, 0.2) is 47.5 Å². The van der Waals surface area contributed by atoms with Crippen molar-refractivity contribution < 1.29 is 23.8 Å². The summed E-state index contributed by atoms with van der Waals surface area (Å²) in [5, 5.41) is 13.6. The molecule has 1 saturated heterocycles. The smallest absolute Gasteiger partial charge is 0.251 e. The van der Waals surface area contributed by atoms with Crippen molar-refractivity contribution in [1.29, 1.82) is 0 Å². The molecule has 43 heavy (non-hydrogen) atoms. The van der Waals surface area contributed by atoms with Crippen LogP contribution in [0.3, 0.4) is 0 Å². The third-order valence-electron chi connectivity index (χ3n) is 8.54. The van der Waals surface area contributed by atoms with Crippen LogP contribution in [0.2, 0.25) is 0 Å². The Labute approximate surface area is 253 Å². The van der Waals surface area contributed by atoms with E-state index in [1.165, 1.54) is 17.5 Å². The number of benzene rings is 1. The molecule has 2 aliphatic heterocycles. The number of likely N-dealkylation sites (tertiary alicyclic amines) is 1. The molecule has 0 radical (unpaired) electrons. The molecule has 5 rings (SSSR count). The summed E-state index contributed by atoms with van der Waals surface area (Å²) in [6.45, 7) is 10.1. The molecule has 0 bridgehead atoms. The Morgan fingerprint density at radius 2 is 2.00 bits per heavy atom. The van der Waals surface area contributed by atoms with E-state index in [0.717, 1.165) is 68.9 Å². The molecule has 2 aliphatic rings. The lowest BCUT2D eigenvalue weighted by Gasteiger charge is -2.33. The number of piperidine rings is 1. The number of pyridine rings is 1. The fourth-order valence-corrected chi connectivity index (χ4v) is 6.08. The van der Waals surface area contributed by atoms with E-state index in [1.807, 2.05) is 30.9 Å². The summed E-state index contributed by atoms with van der Waals surface area (Å²) in [6.07, 6.45) is 7.59. The molecule has 0 saturated carbocycles. The Morgan fingerprint density at radius 3 is 2.74 bits per heavy atom. The van der Waals surface area contributed by atoms with Crippen molar-refractivity contribution in [3.8, 4) is 5.75 Å². The molecule has 1 aromatic carbocycles. The summed E-state index contributed by atoms with van der Waals surface area (Å²) in [4.78, 5) is 37.8. The van der Waals surface area contributed by atoms with E-state index in [1.54, 1.807) is 18.5 Å². The highest BCUT2D eigenvalue weighted by Crippen LogP contribution is 2.30. The number of fused-ring (bicyclic) bond motifs is 1. The average Bonchev–Trinajstić information content (AvgIpc) is 3.53. The molecule has 0 spiro atoms. The van der Waals surface area contributed by atoms with Gasteiger partial charge < -0.3 is 24.5 Å². The number of amides is 2. The maximum atomic E-state index is 12.9. The number of hydrogen-bond donors (Lipinski definition) is 2. The van der Waals surface area contributed by atoms with Gasteiger partial charge in [-0.1, -0.05) is 19.9 Å². The highest BCUT2D eigenvalue weighted by atomic mass is 16.5. The largest absolute Gasteiger partial charge is 0.485 e. The van der Waals surface area contributed by atoms with Crippen LogP contribution in [0.1, 0.15) is 65.2 Å². The summed E-state index contributed by atoms with van der Waals surface area (Å²) in [7, 11) is 0. The van der Waals surface area contributed by atoms with Crippen LogP contribution < -0.4 is 10.1 Å². The third-order valence-corrected chi connectivity index (χ3v) is 8.54. The lowest BCUT2D eigenvalue weighted by atomic mass is 9.91. The lowest BCUT2D eigenvalue weighted by Crippen LogP contribution is -2.42. The van der Waals surface area contributed by atoms with E-state index in [2.05, 4.69) is 33.2 Å². The lowest BCUT2D eigenvalue weighted by molar-refractivity contribution is -0.135. The monoisotopic (exact) mass is 589 g/mol. The summed E-state index contributed by atoms with van der Waals surface area (Å²) < 4.78 is 11.2. The minimum Gasteiger partial charge on any atom is -0.485 e.